The van der Waals surface area contributed by atoms with Gasteiger partial charge < -0.3 is 4.74 Å². The number of benzene rings is 3. The number of carbonyl (C=O) groups excluding carboxylic acids is 5. The van der Waals surface area contributed by atoms with Gasteiger partial charge in [-0.2, -0.15) is 0 Å². The van der Waals surface area contributed by atoms with E-state index in [9.17, 15) is 24.0 Å². The molecule has 0 radical (unpaired) electrons. The van der Waals surface area contributed by atoms with E-state index >= 15 is 0 Å². The number of methoxy groups -OCH3 is 1. The minimum atomic E-state index is -0.815. The number of allylic oxidation sites excluding steroid dienone is 1. The fourth-order valence-electron chi connectivity index (χ4n) is 4.80. The second-order valence-corrected chi connectivity index (χ2v) is 11.0. The number of Topliss-reactive ketones (excluding diaryl/α,β-unsaturated/α-hetero) is 3. The maximum Gasteiger partial charge on any atom is 0.330 e. The van der Waals surface area contributed by atoms with Crippen LogP contribution in [0.5, 0.6) is 0 Å². The summed E-state index contributed by atoms with van der Waals surface area (Å²) in [6.45, 7) is 9.63. The first-order valence-corrected chi connectivity index (χ1v) is 15.3. The first kappa shape index (κ1) is 44.9. The van der Waals surface area contributed by atoms with Crippen molar-refractivity contribution in [3.63, 3.8) is 0 Å². The van der Waals surface area contributed by atoms with E-state index in [0.717, 1.165) is 19.3 Å². The minimum absolute atomic E-state index is 0. The van der Waals surface area contributed by atoms with Gasteiger partial charge >= 0.3 is 5.97 Å². The van der Waals surface area contributed by atoms with Crippen LogP contribution in [-0.4, -0.2) is 36.2 Å². The van der Waals surface area contributed by atoms with Gasteiger partial charge in [0.25, 0.3) is 0 Å². The summed E-state index contributed by atoms with van der Waals surface area (Å²) in [5.41, 5.74) is 4.37. The van der Waals surface area contributed by atoms with Crippen molar-refractivity contribution in [3.8, 4) is 0 Å². The predicted octanol–water partition coefficient (Wildman–Crippen LogP) is 8.07. The van der Waals surface area contributed by atoms with E-state index in [-0.39, 0.29) is 39.3 Å². The molecule has 0 saturated heterocycles. The van der Waals surface area contributed by atoms with Crippen LogP contribution in [0.3, 0.4) is 0 Å². The Balaban J connectivity index is 0. The van der Waals surface area contributed by atoms with E-state index in [1.54, 1.807) is 12.1 Å². The van der Waals surface area contributed by atoms with Crippen LogP contribution < -0.4 is 11.7 Å². The molecule has 258 valence electrons. The lowest BCUT2D eigenvalue weighted by Crippen LogP contribution is -2.13. The van der Waals surface area contributed by atoms with E-state index in [1.165, 1.54) is 73.9 Å². The molecular formula is C39H56N2O6. The molecule has 4 N–H and O–H groups in total. The molecule has 0 unspecified atom stereocenters. The number of ketones is 4. The van der Waals surface area contributed by atoms with E-state index in [1.807, 2.05) is 0 Å². The topological polar surface area (TPSA) is 147 Å². The molecule has 0 saturated carbocycles. The second kappa shape index (κ2) is 24.0. The maximum atomic E-state index is 11.8. The Bertz CT molecular complexity index is 1490. The highest BCUT2D eigenvalue weighted by Crippen LogP contribution is 2.28. The molecule has 0 aromatic heterocycles. The lowest BCUT2D eigenvalue weighted by Gasteiger charge is -2.13. The normalized spacial score (nSPS) is 10.1. The number of fused-ring (bicyclic) bond motifs is 1. The van der Waals surface area contributed by atoms with E-state index in [4.69, 9.17) is 0 Å². The molecule has 0 aliphatic rings. The molecule has 47 heavy (non-hydrogen) atoms. The molecule has 0 spiro atoms. The number of hydrogen-bond donors (Lipinski definition) is 2. The van der Waals surface area contributed by atoms with Gasteiger partial charge in [0.2, 0.25) is 11.6 Å². The average Bonchev–Trinajstić information content (AvgIpc) is 3.04. The summed E-state index contributed by atoms with van der Waals surface area (Å²) >= 11 is 0. The van der Waals surface area contributed by atoms with Crippen molar-refractivity contribution >= 4 is 39.9 Å². The van der Waals surface area contributed by atoms with Crippen molar-refractivity contribution in [2.24, 2.45) is 11.7 Å². The molecule has 3 aromatic rings. The predicted molar refractivity (Wildman–Crippen MR) is 194 cm³/mol. The largest absolute Gasteiger partial charge is 0.466 e. The zero-order valence-corrected chi connectivity index (χ0v) is 27.5. The lowest BCUT2D eigenvalue weighted by molar-refractivity contribution is -0.135. The summed E-state index contributed by atoms with van der Waals surface area (Å²) in [5.74, 6) is 5.99. The number of unbranched alkanes of at least 4 members (excludes halogenated alkanes) is 3. The molecular weight excluding hydrogens is 592 g/mol. The number of aryl methyl sites for hydroxylation is 2. The molecule has 0 atom stereocenters. The quantitative estimate of drug-likeness (QED) is 0.0339. The Morgan fingerprint density at radius 3 is 2.04 bits per heavy atom. The second-order valence-electron chi connectivity index (χ2n) is 11.0. The molecule has 0 amide bonds. The summed E-state index contributed by atoms with van der Waals surface area (Å²) in [6, 6.07) is 18.3. The van der Waals surface area contributed by atoms with Gasteiger partial charge in [0.05, 0.1) is 7.11 Å². The number of nitrogens with two attached hydrogens (primary N) is 2. The number of esters is 1. The van der Waals surface area contributed by atoms with E-state index in [2.05, 4.69) is 73.6 Å². The van der Waals surface area contributed by atoms with Gasteiger partial charge in [-0.1, -0.05) is 103 Å². The fourth-order valence-corrected chi connectivity index (χ4v) is 4.80. The molecule has 0 fully saturated rings. The summed E-state index contributed by atoms with van der Waals surface area (Å²) in [4.78, 5) is 57.3. The maximum absolute atomic E-state index is 11.8. The number of rotatable bonds is 14. The Kier molecular flexibility index (Phi) is 22.9. The highest BCUT2D eigenvalue weighted by molar-refractivity contribution is 6.42. The lowest BCUT2D eigenvalue weighted by atomic mass is 9.92. The van der Waals surface area contributed by atoms with Crippen LogP contribution >= 0.6 is 0 Å². The van der Waals surface area contributed by atoms with Crippen LogP contribution in [0.15, 0.2) is 66.7 Å². The zero-order valence-electron chi connectivity index (χ0n) is 27.5. The van der Waals surface area contributed by atoms with Crippen molar-refractivity contribution in [2.75, 3.05) is 7.11 Å². The summed E-state index contributed by atoms with van der Waals surface area (Å²) in [5, 5.41) is 2.83. The molecule has 8 nitrogen and oxygen atoms in total. The van der Waals surface area contributed by atoms with Crippen LogP contribution in [0.2, 0.25) is 0 Å². The SMILES string of the molecule is C.C.CCCCCCc1cc(C(C)C)c2ccccc2c1.COC(=O)/C=C/C(=O)C(=O)CCc1ccc(C(C)=O)cc1C(C)=O.NN. The first-order chi connectivity index (χ1) is 21.5. The van der Waals surface area contributed by atoms with Crippen LogP contribution in [0.4, 0.5) is 0 Å². The van der Waals surface area contributed by atoms with Gasteiger partial charge in [-0.15, -0.1) is 0 Å². The highest BCUT2D eigenvalue weighted by atomic mass is 16.5. The van der Waals surface area contributed by atoms with Gasteiger partial charge in [-0.05, 0) is 78.6 Å². The standard InChI is InChI=1S/C19H26.C18H18O6.2CH4.H4N2/c1-4-5-6-7-10-16-13-17-11-8-9-12-18(17)19(14-16)15(2)3;1-11(19)14-5-4-13(15(10-14)12(2)20)6-7-16(21)17(22)8-9-18(23)24-3;;;1-2/h8-9,11-15H,4-7,10H2,1-3H3;4-5,8-10H,6-7H2,1-3H3;2*1H4;1-2H2/b;9-8+;;;. The highest BCUT2D eigenvalue weighted by Gasteiger charge is 2.15. The van der Waals surface area contributed by atoms with E-state index in [0.29, 0.717) is 22.6 Å². The summed E-state index contributed by atoms with van der Waals surface area (Å²) in [7, 11) is 1.16. The monoisotopic (exact) mass is 648 g/mol. The Morgan fingerprint density at radius 1 is 0.809 bits per heavy atom. The summed E-state index contributed by atoms with van der Waals surface area (Å²) < 4.78 is 4.33. The van der Waals surface area contributed by atoms with Crippen molar-refractivity contribution < 1.29 is 28.7 Å². The van der Waals surface area contributed by atoms with Crippen molar-refractivity contribution in [3.05, 3.63) is 94.6 Å². The van der Waals surface area contributed by atoms with E-state index < -0.39 is 17.5 Å². The third kappa shape index (κ3) is 15.2. The Hall–Kier alpha value is -4.27. The Morgan fingerprint density at radius 2 is 1.47 bits per heavy atom. The first-order valence-electron chi connectivity index (χ1n) is 15.3. The van der Waals surface area contributed by atoms with Gasteiger partial charge in [0, 0.05) is 23.6 Å². The summed E-state index contributed by atoms with van der Waals surface area (Å²) in [6.07, 6.45) is 8.41. The number of ether oxygens (including phenoxy) is 1. The van der Waals surface area contributed by atoms with Crippen molar-refractivity contribution in [1.29, 1.82) is 0 Å². The fraction of sp³-hybridized carbons (Fsp3) is 0.410. The molecule has 0 bridgehead atoms. The smallest absolute Gasteiger partial charge is 0.330 e. The number of hydrazine groups is 1. The van der Waals surface area contributed by atoms with Crippen LogP contribution in [0.25, 0.3) is 10.8 Å². The molecule has 8 heteroatoms. The zero-order chi connectivity index (χ0) is 33.9. The minimum Gasteiger partial charge on any atom is -0.466 e. The molecule has 3 rings (SSSR count). The van der Waals surface area contributed by atoms with Crippen molar-refractivity contribution in [1.82, 2.24) is 0 Å². The average molecular weight is 649 g/mol. The van der Waals surface area contributed by atoms with Gasteiger partial charge in [0.1, 0.15) is 0 Å². The third-order valence-electron chi connectivity index (χ3n) is 7.26. The van der Waals surface area contributed by atoms with Crippen LogP contribution in [0, 0.1) is 0 Å². The van der Waals surface area contributed by atoms with Crippen molar-refractivity contribution in [2.45, 2.75) is 100 Å². The van der Waals surface area contributed by atoms with Crippen LogP contribution in [-0.2, 0) is 32.0 Å². The van der Waals surface area contributed by atoms with Gasteiger partial charge in [0.15, 0.2) is 11.6 Å². The third-order valence-corrected chi connectivity index (χ3v) is 7.26. The molecule has 3 aromatic carbocycles. The number of hydrogen-bond acceptors (Lipinski definition) is 8. The molecule has 0 aliphatic heterocycles. The molecule has 0 aliphatic carbocycles. The van der Waals surface area contributed by atoms with Gasteiger partial charge in [-0.25, -0.2) is 4.79 Å². The Labute approximate surface area is 281 Å². The number of carbonyl (C=O) groups is 5. The van der Waals surface area contributed by atoms with Crippen LogP contribution in [0.1, 0.15) is 125 Å². The molecule has 0 heterocycles. The van der Waals surface area contributed by atoms with Gasteiger partial charge in [-0.3, -0.25) is 30.9 Å².